The summed E-state index contributed by atoms with van der Waals surface area (Å²) < 4.78 is 24.8. The van der Waals surface area contributed by atoms with E-state index in [9.17, 15) is 13.2 Å². The lowest BCUT2D eigenvalue weighted by molar-refractivity contribution is 0.483. The lowest BCUT2D eigenvalue weighted by atomic mass is 9.99. The Morgan fingerprint density at radius 1 is 1.25 bits per heavy atom. The van der Waals surface area contributed by atoms with Crippen LogP contribution in [0.25, 0.3) is 0 Å². The maximum Gasteiger partial charge on any atom is 0.270 e. The van der Waals surface area contributed by atoms with E-state index in [-0.39, 0.29) is 23.1 Å². The summed E-state index contributed by atoms with van der Waals surface area (Å²) in [5, 5.41) is 3.08. The Labute approximate surface area is 142 Å². The SMILES string of the molecule is Cc1[nH]n([C@@H]2CCS(=O)(=O)C2)c(=O)c1Cc1ccc(C(C)C)cc1. The molecule has 0 bridgehead atoms. The second-order valence-corrected chi connectivity index (χ2v) is 9.25. The first kappa shape index (κ1) is 17.0. The summed E-state index contributed by atoms with van der Waals surface area (Å²) in [5.41, 5.74) is 3.80. The fourth-order valence-electron chi connectivity index (χ4n) is 3.27. The molecular weight excluding hydrogens is 324 g/mol. The van der Waals surface area contributed by atoms with Gasteiger partial charge in [-0.15, -0.1) is 0 Å². The van der Waals surface area contributed by atoms with Crippen LogP contribution in [-0.2, 0) is 16.3 Å². The van der Waals surface area contributed by atoms with Crippen LogP contribution < -0.4 is 5.56 Å². The van der Waals surface area contributed by atoms with Crippen molar-refractivity contribution in [1.29, 1.82) is 0 Å². The number of nitrogens with zero attached hydrogens (tertiary/aromatic N) is 1. The highest BCUT2D eigenvalue weighted by Crippen LogP contribution is 2.23. The largest absolute Gasteiger partial charge is 0.299 e. The van der Waals surface area contributed by atoms with Crippen LogP contribution in [0.4, 0.5) is 0 Å². The van der Waals surface area contributed by atoms with E-state index in [2.05, 4.69) is 43.2 Å². The fourth-order valence-corrected chi connectivity index (χ4v) is 4.97. The molecule has 1 N–H and O–H groups in total. The molecule has 2 aromatic rings. The molecule has 6 heteroatoms. The molecular formula is C18H24N2O3S. The van der Waals surface area contributed by atoms with Gasteiger partial charge in [-0.25, -0.2) is 13.1 Å². The molecule has 1 saturated heterocycles. The molecule has 5 nitrogen and oxygen atoms in total. The van der Waals surface area contributed by atoms with E-state index in [1.807, 2.05) is 6.92 Å². The molecule has 1 aliphatic heterocycles. The van der Waals surface area contributed by atoms with Crippen molar-refractivity contribution in [2.24, 2.45) is 0 Å². The van der Waals surface area contributed by atoms with Crippen molar-refractivity contribution in [3.8, 4) is 0 Å². The Morgan fingerprint density at radius 2 is 1.92 bits per heavy atom. The highest BCUT2D eigenvalue weighted by molar-refractivity contribution is 7.91. The summed E-state index contributed by atoms with van der Waals surface area (Å²) >= 11 is 0. The topological polar surface area (TPSA) is 71.9 Å². The molecule has 1 atom stereocenters. The molecule has 0 radical (unpaired) electrons. The molecule has 0 amide bonds. The maximum absolute atomic E-state index is 12.7. The lowest BCUT2D eigenvalue weighted by Gasteiger charge is -2.08. The molecule has 3 rings (SSSR count). The molecule has 24 heavy (non-hydrogen) atoms. The molecule has 2 heterocycles. The van der Waals surface area contributed by atoms with E-state index >= 15 is 0 Å². The molecule has 130 valence electrons. The average molecular weight is 348 g/mol. The van der Waals surface area contributed by atoms with Gasteiger partial charge in [0.1, 0.15) is 0 Å². The minimum atomic E-state index is -3.02. The maximum atomic E-state index is 12.7. The van der Waals surface area contributed by atoms with Crippen molar-refractivity contribution in [3.63, 3.8) is 0 Å². The van der Waals surface area contributed by atoms with E-state index in [0.717, 1.165) is 16.8 Å². The van der Waals surface area contributed by atoms with Crippen LogP contribution in [0, 0.1) is 6.92 Å². The van der Waals surface area contributed by atoms with Gasteiger partial charge >= 0.3 is 0 Å². The van der Waals surface area contributed by atoms with Crippen molar-refractivity contribution in [3.05, 3.63) is 57.0 Å². The van der Waals surface area contributed by atoms with Crippen molar-refractivity contribution in [2.45, 2.75) is 45.6 Å². The van der Waals surface area contributed by atoms with Gasteiger partial charge in [-0.1, -0.05) is 38.1 Å². The molecule has 1 aromatic heterocycles. The van der Waals surface area contributed by atoms with Crippen LogP contribution in [0.3, 0.4) is 0 Å². The van der Waals surface area contributed by atoms with Crippen molar-refractivity contribution in [2.75, 3.05) is 11.5 Å². The molecule has 0 aliphatic carbocycles. The second-order valence-electron chi connectivity index (χ2n) is 7.02. The van der Waals surface area contributed by atoms with Crippen molar-refractivity contribution in [1.82, 2.24) is 9.78 Å². The highest BCUT2D eigenvalue weighted by atomic mass is 32.2. The quantitative estimate of drug-likeness (QED) is 0.923. The number of hydrogen-bond acceptors (Lipinski definition) is 3. The second kappa shape index (κ2) is 6.24. The summed E-state index contributed by atoms with van der Waals surface area (Å²) in [6.45, 7) is 6.18. The predicted molar refractivity (Wildman–Crippen MR) is 95.4 cm³/mol. The third-order valence-corrected chi connectivity index (χ3v) is 6.57. The number of aromatic nitrogens is 2. The smallest absolute Gasteiger partial charge is 0.270 e. The summed E-state index contributed by atoms with van der Waals surface area (Å²) in [5.74, 6) is 0.693. The van der Waals surface area contributed by atoms with Gasteiger partial charge in [0.2, 0.25) is 0 Å². The van der Waals surface area contributed by atoms with E-state index in [1.54, 1.807) is 0 Å². The zero-order chi connectivity index (χ0) is 17.5. The zero-order valence-electron chi connectivity index (χ0n) is 14.4. The highest BCUT2D eigenvalue weighted by Gasteiger charge is 2.31. The van der Waals surface area contributed by atoms with Gasteiger partial charge in [0.15, 0.2) is 9.84 Å². The Morgan fingerprint density at radius 3 is 2.46 bits per heavy atom. The first-order chi connectivity index (χ1) is 11.3. The van der Waals surface area contributed by atoms with Crippen molar-refractivity contribution < 1.29 is 8.42 Å². The Bertz CT molecular complexity index is 889. The summed E-state index contributed by atoms with van der Waals surface area (Å²) in [6, 6.07) is 8.06. The number of nitrogens with one attached hydrogen (secondary N) is 1. The van der Waals surface area contributed by atoms with E-state index < -0.39 is 9.84 Å². The third-order valence-electron chi connectivity index (χ3n) is 4.82. The van der Waals surface area contributed by atoms with Gasteiger partial charge in [0.05, 0.1) is 17.5 Å². The zero-order valence-corrected chi connectivity index (χ0v) is 15.2. The summed E-state index contributed by atoms with van der Waals surface area (Å²) in [6.07, 6.45) is 1.07. The molecule has 0 spiro atoms. The van der Waals surface area contributed by atoms with E-state index in [0.29, 0.717) is 18.8 Å². The van der Waals surface area contributed by atoms with Gasteiger partial charge in [0.25, 0.3) is 5.56 Å². The first-order valence-electron chi connectivity index (χ1n) is 8.36. The number of hydrogen-bond donors (Lipinski definition) is 1. The van der Waals surface area contributed by atoms with Crippen LogP contribution in [-0.4, -0.2) is 29.7 Å². The minimum absolute atomic E-state index is 0.0510. The number of H-pyrrole nitrogens is 1. The molecule has 0 unspecified atom stereocenters. The van der Waals surface area contributed by atoms with Gasteiger partial charge in [-0.3, -0.25) is 9.89 Å². The number of aryl methyl sites for hydroxylation is 1. The average Bonchev–Trinajstić information content (AvgIpc) is 3.01. The standard InChI is InChI=1S/C18H24N2O3S/c1-12(2)15-6-4-14(5-7-15)10-17-13(3)19-20(18(17)21)16-8-9-24(22,23)11-16/h4-7,12,16,19H,8-11H2,1-3H3/t16-/m1/s1. The number of benzene rings is 1. The van der Waals surface area contributed by atoms with Crippen LogP contribution in [0.1, 0.15) is 54.6 Å². The Balaban J connectivity index is 1.86. The van der Waals surface area contributed by atoms with Crippen LogP contribution in [0.2, 0.25) is 0 Å². The number of rotatable bonds is 4. The van der Waals surface area contributed by atoms with Gasteiger partial charge in [0, 0.05) is 17.7 Å². The monoisotopic (exact) mass is 348 g/mol. The minimum Gasteiger partial charge on any atom is -0.299 e. The fraction of sp³-hybridized carbons (Fsp3) is 0.500. The molecule has 1 aromatic carbocycles. The normalized spacial score (nSPS) is 19.9. The third kappa shape index (κ3) is 3.34. The summed E-state index contributed by atoms with van der Waals surface area (Å²) in [4.78, 5) is 12.7. The van der Waals surface area contributed by atoms with Crippen molar-refractivity contribution >= 4 is 9.84 Å². The van der Waals surface area contributed by atoms with Crippen LogP contribution in [0.5, 0.6) is 0 Å². The van der Waals surface area contributed by atoms with Gasteiger partial charge < -0.3 is 0 Å². The molecule has 1 fully saturated rings. The lowest BCUT2D eigenvalue weighted by Crippen LogP contribution is -2.25. The number of aromatic amines is 1. The number of sulfone groups is 1. The van der Waals surface area contributed by atoms with Crippen LogP contribution in [0.15, 0.2) is 29.1 Å². The molecule has 1 aliphatic rings. The summed E-state index contributed by atoms with van der Waals surface area (Å²) in [7, 11) is -3.02. The van der Waals surface area contributed by atoms with E-state index in [1.165, 1.54) is 10.2 Å². The van der Waals surface area contributed by atoms with Gasteiger partial charge in [-0.2, -0.15) is 0 Å². The predicted octanol–water partition coefficient (Wildman–Crippen LogP) is 2.56. The van der Waals surface area contributed by atoms with E-state index in [4.69, 9.17) is 0 Å². The Kier molecular flexibility index (Phi) is 4.42. The molecule has 0 saturated carbocycles. The Hall–Kier alpha value is -1.82. The van der Waals surface area contributed by atoms with Crippen LogP contribution >= 0.6 is 0 Å². The van der Waals surface area contributed by atoms with Gasteiger partial charge in [-0.05, 0) is 30.4 Å². The first-order valence-corrected chi connectivity index (χ1v) is 10.2.